The van der Waals surface area contributed by atoms with Gasteiger partial charge in [0.25, 0.3) is 11.8 Å². The Morgan fingerprint density at radius 1 is 1.26 bits per heavy atom. The van der Waals surface area contributed by atoms with Crippen LogP contribution < -0.4 is 15.4 Å². The minimum Gasteiger partial charge on any atom is -0.484 e. The van der Waals surface area contributed by atoms with Gasteiger partial charge in [-0.2, -0.15) is 0 Å². The number of nitrogens with one attached hydrogen (secondary N) is 2. The number of carbonyl (C=O) groups excluding carboxylic acids is 2. The number of nitrogens with zero attached hydrogens (tertiary/aromatic N) is 2. The lowest BCUT2D eigenvalue weighted by molar-refractivity contribution is -0.122. The third-order valence-electron chi connectivity index (χ3n) is 4.01. The number of ether oxygens (including phenoxy) is 2. The van der Waals surface area contributed by atoms with Crippen molar-refractivity contribution in [3.63, 3.8) is 0 Å². The maximum Gasteiger partial charge on any atom is 0.271 e. The number of carbonyl (C=O) groups is 2. The number of benzene rings is 1. The van der Waals surface area contributed by atoms with Gasteiger partial charge in [0.2, 0.25) is 0 Å². The van der Waals surface area contributed by atoms with Crippen molar-refractivity contribution in [3.05, 3.63) is 65.1 Å². The Morgan fingerprint density at radius 2 is 2.06 bits per heavy atom. The van der Waals surface area contributed by atoms with Gasteiger partial charge in [-0.15, -0.1) is 0 Å². The summed E-state index contributed by atoms with van der Waals surface area (Å²) >= 11 is 5.59. The third kappa shape index (κ3) is 8.69. The van der Waals surface area contributed by atoms with Crippen LogP contribution in [0.1, 0.15) is 29.0 Å². The van der Waals surface area contributed by atoms with Crippen molar-refractivity contribution >= 4 is 23.4 Å². The summed E-state index contributed by atoms with van der Waals surface area (Å²) in [6, 6.07) is 3.89. The van der Waals surface area contributed by atoms with Crippen molar-refractivity contribution in [2.24, 2.45) is 0 Å². The van der Waals surface area contributed by atoms with Gasteiger partial charge in [-0.25, -0.2) is 9.37 Å². The fourth-order valence-corrected chi connectivity index (χ4v) is 2.55. The number of rotatable bonds is 12. The zero-order valence-electron chi connectivity index (χ0n) is 17.1. The summed E-state index contributed by atoms with van der Waals surface area (Å²) in [6.45, 7) is 4.30. The highest BCUT2D eigenvalue weighted by Gasteiger charge is 2.10. The van der Waals surface area contributed by atoms with Gasteiger partial charge < -0.3 is 20.1 Å². The highest BCUT2D eigenvalue weighted by molar-refractivity contribution is 6.30. The molecule has 0 saturated heterocycles. The molecule has 0 radical (unpaired) electrons. The first-order valence-electron chi connectivity index (χ1n) is 9.52. The van der Waals surface area contributed by atoms with E-state index in [2.05, 4.69) is 27.2 Å². The van der Waals surface area contributed by atoms with Gasteiger partial charge in [0, 0.05) is 44.6 Å². The van der Waals surface area contributed by atoms with Crippen LogP contribution in [0.3, 0.4) is 0 Å². The molecule has 0 atom stereocenters. The third-order valence-corrected chi connectivity index (χ3v) is 4.32. The van der Waals surface area contributed by atoms with Gasteiger partial charge in [0.1, 0.15) is 17.3 Å². The fourth-order valence-electron chi connectivity index (χ4n) is 2.43. The van der Waals surface area contributed by atoms with E-state index in [1.807, 2.05) is 0 Å². The molecule has 1 aromatic carbocycles. The van der Waals surface area contributed by atoms with E-state index in [0.717, 1.165) is 24.6 Å². The molecule has 0 saturated carbocycles. The molecular weight excluding hydrogens is 427 g/mol. The van der Waals surface area contributed by atoms with E-state index in [1.165, 1.54) is 18.3 Å². The number of aromatic nitrogens is 2. The topological polar surface area (TPSA) is 102 Å². The van der Waals surface area contributed by atoms with E-state index < -0.39 is 11.7 Å². The number of hydrogen-bond donors (Lipinski definition) is 2. The van der Waals surface area contributed by atoms with Crippen molar-refractivity contribution in [1.82, 2.24) is 20.6 Å². The number of methoxy groups -OCH3 is 1. The smallest absolute Gasteiger partial charge is 0.271 e. The van der Waals surface area contributed by atoms with Crippen LogP contribution in [0.15, 0.2) is 42.9 Å². The molecule has 10 heteroatoms. The zero-order valence-corrected chi connectivity index (χ0v) is 17.9. The predicted octanol–water partition coefficient (Wildman–Crippen LogP) is 2.68. The van der Waals surface area contributed by atoms with Gasteiger partial charge in [0.05, 0.1) is 16.9 Å². The molecule has 0 aliphatic carbocycles. The van der Waals surface area contributed by atoms with Crippen molar-refractivity contribution in [2.75, 3.05) is 26.9 Å². The Labute approximate surface area is 184 Å². The molecule has 31 heavy (non-hydrogen) atoms. The number of amides is 2. The van der Waals surface area contributed by atoms with Crippen LogP contribution in [0.4, 0.5) is 4.39 Å². The second-order valence-corrected chi connectivity index (χ2v) is 6.92. The molecule has 2 aromatic rings. The lowest BCUT2D eigenvalue weighted by Crippen LogP contribution is -2.31. The van der Waals surface area contributed by atoms with Crippen molar-refractivity contribution in [2.45, 2.75) is 19.3 Å². The van der Waals surface area contributed by atoms with E-state index in [4.69, 9.17) is 21.1 Å². The molecule has 2 rings (SSSR count). The molecule has 0 spiro atoms. The van der Waals surface area contributed by atoms with Crippen molar-refractivity contribution in [1.29, 1.82) is 0 Å². The first-order chi connectivity index (χ1) is 14.9. The first-order valence-corrected chi connectivity index (χ1v) is 9.90. The van der Waals surface area contributed by atoms with Gasteiger partial charge in [-0.05, 0) is 25.0 Å². The molecule has 0 aliphatic heterocycles. The number of hydrogen-bond acceptors (Lipinski definition) is 6. The standard InChI is InChI=1S/C21H24ClFN4O4/c1-14(27-20(28)13-31-16-5-6-17(22)18(23)10-16)7-8-24-21(29)19-12-25-15(11-26-19)4-3-9-30-2/h5-6,10-12H,1,3-4,7-9,13H2,2H3,(H,24,29)(H,27,28). The molecule has 8 nitrogen and oxygen atoms in total. The summed E-state index contributed by atoms with van der Waals surface area (Å²) in [4.78, 5) is 32.3. The summed E-state index contributed by atoms with van der Waals surface area (Å²) in [7, 11) is 1.64. The Bertz CT molecular complexity index is 909. The SMILES string of the molecule is C=C(CCNC(=O)c1cnc(CCCOC)cn1)NC(=O)COc1ccc(Cl)c(F)c1. The minimum atomic E-state index is -0.634. The summed E-state index contributed by atoms with van der Waals surface area (Å²) < 4.78 is 23.5. The molecule has 1 heterocycles. The van der Waals surface area contributed by atoms with Crippen LogP contribution in [0.5, 0.6) is 5.75 Å². The maximum atomic E-state index is 13.3. The van der Waals surface area contributed by atoms with Crippen LogP contribution in [0.25, 0.3) is 0 Å². The summed E-state index contributed by atoms with van der Waals surface area (Å²) in [5.74, 6) is -1.28. The lowest BCUT2D eigenvalue weighted by Gasteiger charge is -2.10. The quantitative estimate of drug-likeness (QED) is 0.482. The average Bonchev–Trinajstić information content (AvgIpc) is 2.75. The van der Waals surface area contributed by atoms with E-state index in [-0.39, 0.29) is 35.5 Å². The van der Waals surface area contributed by atoms with Gasteiger partial charge in [0.15, 0.2) is 6.61 Å². The normalized spacial score (nSPS) is 10.4. The summed E-state index contributed by atoms with van der Waals surface area (Å²) in [5, 5.41) is 5.21. The van der Waals surface area contributed by atoms with E-state index >= 15 is 0 Å². The first kappa shape index (κ1) is 24.2. The zero-order chi connectivity index (χ0) is 22.6. The molecule has 0 aliphatic rings. The highest BCUT2D eigenvalue weighted by Crippen LogP contribution is 2.20. The molecule has 0 bridgehead atoms. The van der Waals surface area contributed by atoms with Crippen molar-refractivity contribution < 1.29 is 23.5 Å². The molecule has 0 fully saturated rings. The summed E-state index contributed by atoms with van der Waals surface area (Å²) in [6.07, 6.45) is 4.85. The molecule has 2 N–H and O–H groups in total. The van der Waals surface area contributed by atoms with Crippen LogP contribution in [-0.4, -0.2) is 48.7 Å². The summed E-state index contributed by atoms with van der Waals surface area (Å²) in [5.41, 5.74) is 1.39. The molecule has 0 unspecified atom stereocenters. The van der Waals surface area contributed by atoms with E-state index in [1.54, 1.807) is 13.3 Å². The highest BCUT2D eigenvalue weighted by atomic mass is 35.5. The maximum absolute atomic E-state index is 13.3. The number of halogens is 2. The van der Waals surface area contributed by atoms with Gasteiger partial charge in [-0.1, -0.05) is 18.2 Å². The predicted molar refractivity (Wildman–Crippen MR) is 113 cm³/mol. The fraction of sp³-hybridized carbons (Fsp3) is 0.333. The molecule has 2 amide bonds. The van der Waals surface area contributed by atoms with Crippen molar-refractivity contribution in [3.8, 4) is 5.75 Å². The monoisotopic (exact) mass is 450 g/mol. The Morgan fingerprint density at radius 3 is 2.74 bits per heavy atom. The Hall–Kier alpha value is -3.04. The molecule has 166 valence electrons. The average molecular weight is 451 g/mol. The van der Waals surface area contributed by atoms with Gasteiger partial charge >= 0.3 is 0 Å². The van der Waals surface area contributed by atoms with Crippen LogP contribution >= 0.6 is 11.6 Å². The lowest BCUT2D eigenvalue weighted by atomic mass is 10.2. The number of aryl methyl sites for hydroxylation is 1. The van der Waals surface area contributed by atoms with E-state index in [0.29, 0.717) is 18.7 Å². The molecular formula is C21H24ClFN4O4. The minimum absolute atomic E-state index is 0.0313. The second kappa shape index (κ2) is 12.6. The Kier molecular flexibility index (Phi) is 9.86. The Balaban J connectivity index is 1.66. The van der Waals surface area contributed by atoms with Crippen LogP contribution in [0.2, 0.25) is 5.02 Å². The molecule has 1 aromatic heterocycles. The van der Waals surface area contributed by atoms with Crippen LogP contribution in [0, 0.1) is 5.82 Å². The van der Waals surface area contributed by atoms with Crippen LogP contribution in [-0.2, 0) is 16.0 Å². The largest absolute Gasteiger partial charge is 0.484 e. The second-order valence-electron chi connectivity index (χ2n) is 6.51. The van der Waals surface area contributed by atoms with E-state index in [9.17, 15) is 14.0 Å². The van der Waals surface area contributed by atoms with Gasteiger partial charge in [-0.3, -0.25) is 14.6 Å².